The van der Waals surface area contributed by atoms with Crippen LogP contribution in [0.15, 0.2) is 0 Å². The van der Waals surface area contributed by atoms with Gasteiger partial charge in [-0.25, -0.2) is 0 Å². The maximum atomic E-state index is 5.77. The minimum atomic E-state index is 0.609. The molecule has 0 aromatic carbocycles. The van der Waals surface area contributed by atoms with E-state index in [-0.39, 0.29) is 0 Å². The molecule has 2 rings (SSSR count). The van der Waals surface area contributed by atoms with Crippen molar-refractivity contribution < 1.29 is 0 Å². The predicted molar refractivity (Wildman–Crippen MR) is 33.4 cm³/mol. The van der Waals surface area contributed by atoms with Crippen LogP contribution in [-0.4, -0.2) is 6.04 Å². The molecular weight excluding hydrogens is 98.1 g/mol. The van der Waals surface area contributed by atoms with E-state index < -0.39 is 0 Å². The molecule has 1 nitrogen and oxygen atoms in total. The van der Waals surface area contributed by atoms with E-state index in [1.807, 2.05) is 0 Å². The van der Waals surface area contributed by atoms with Crippen molar-refractivity contribution in [3.63, 3.8) is 0 Å². The number of hydrogen-bond acceptors (Lipinski definition) is 1. The quantitative estimate of drug-likeness (QED) is 0.498. The van der Waals surface area contributed by atoms with Gasteiger partial charge in [-0.05, 0) is 24.7 Å². The van der Waals surface area contributed by atoms with Crippen LogP contribution in [0.1, 0.15) is 25.7 Å². The van der Waals surface area contributed by atoms with E-state index in [1.165, 1.54) is 25.7 Å². The summed E-state index contributed by atoms with van der Waals surface area (Å²) < 4.78 is 0. The maximum Gasteiger partial charge on any atom is 0.0102 e. The van der Waals surface area contributed by atoms with Crippen molar-refractivity contribution >= 4 is 0 Å². The van der Waals surface area contributed by atoms with E-state index in [4.69, 9.17) is 5.73 Å². The Hall–Kier alpha value is -0.0400. The van der Waals surface area contributed by atoms with E-state index >= 15 is 0 Å². The second-order valence-electron chi connectivity index (χ2n) is 3.19. The molecule has 2 aliphatic carbocycles. The van der Waals surface area contributed by atoms with Crippen LogP contribution in [0.2, 0.25) is 0 Å². The summed E-state index contributed by atoms with van der Waals surface area (Å²) in [7, 11) is 0. The molecule has 0 spiro atoms. The predicted octanol–water partition coefficient (Wildman–Crippen LogP) is 1.13. The van der Waals surface area contributed by atoms with Crippen molar-refractivity contribution in [3.05, 3.63) is 0 Å². The molecule has 0 aliphatic heterocycles. The molecule has 0 amide bonds. The zero-order valence-corrected chi connectivity index (χ0v) is 5.14. The largest absolute Gasteiger partial charge is 0.327 e. The topological polar surface area (TPSA) is 26.0 Å². The Morgan fingerprint density at radius 2 is 1.50 bits per heavy atom. The molecule has 46 valence electrons. The van der Waals surface area contributed by atoms with Crippen molar-refractivity contribution in [1.82, 2.24) is 0 Å². The van der Waals surface area contributed by atoms with Gasteiger partial charge < -0.3 is 5.73 Å². The zero-order chi connectivity index (χ0) is 5.56. The van der Waals surface area contributed by atoms with Crippen molar-refractivity contribution in [1.29, 1.82) is 0 Å². The minimum absolute atomic E-state index is 0.609. The average Bonchev–Trinajstić information content (AvgIpc) is 2.46. The van der Waals surface area contributed by atoms with Crippen LogP contribution in [-0.2, 0) is 0 Å². The first-order valence-electron chi connectivity index (χ1n) is 3.65. The van der Waals surface area contributed by atoms with Gasteiger partial charge in [-0.3, -0.25) is 0 Å². The maximum absolute atomic E-state index is 5.77. The van der Waals surface area contributed by atoms with Crippen LogP contribution < -0.4 is 5.73 Å². The molecule has 0 bridgehead atoms. The molecule has 2 saturated carbocycles. The van der Waals surface area contributed by atoms with Gasteiger partial charge in [-0.15, -0.1) is 0 Å². The van der Waals surface area contributed by atoms with Crippen LogP contribution in [0.5, 0.6) is 0 Å². The SMILES string of the molecule is NC1[C@@H]2CCCC[C@@H]12. The van der Waals surface area contributed by atoms with Gasteiger partial charge in [0.05, 0.1) is 0 Å². The smallest absolute Gasteiger partial charge is 0.0102 e. The van der Waals surface area contributed by atoms with Gasteiger partial charge in [0.2, 0.25) is 0 Å². The van der Waals surface area contributed by atoms with Crippen LogP contribution in [0, 0.1) is 11.8 Å². The summed E-state index contributed by atoms with van der Waals surface area (Å²) in [6.45, 7) is 0. The normalized spacial score (nSPS) is 52.9. The molecule has 2 N–H and O–H groups in total. The summed E-state index contributed by atoms with van der Waals surface area (Å²) in [5, 5.41) is 0. The fraction of sp³-hybridized carbons (Fsp3) is 1.00. The summed E-state index contributed by atoms with van der Waals surface area (Å²) in [6.07, 6.45) is 5.72. The first-order valence-corrected chi connectivity index (χ1v) is 3.65. The highest BCUT2D eigenvalue weighted by molar-refractivity contribution is 5.02. The molecule has 0 saturated heterocycles. The Morgan fingerprint density at radius 3 is 1.88 bits per heavy atom. The summed E-state index contributed by atoms with van der Waals surface area (Å²) in [5.74, 6) is 1.90. The van der Waals surface area contributed by atoms with E-state index in [2.05, 4.69) is 0 Å². The fourth-order valence-corrected chi connectivity index (χ4v) is 2.05. The molecule has 0 heterocycles. The van der Waals surface area contributed by atoms with Gasteiger partial charge in [0, 0.05) is 6.04 Å². The van der Waals surface area contributed by atoms with E-state index in [9.17, 15) is 0 Å². The first kappa shape index (κ1) is 4.80. The Morgan fingerprint density at radius 1 is 1.00 bits per heavy atom. The molecule has 0 unspecified atom stereocenters. The second kappa shape index (κ2) is 1.47. The molecular formula is C7H13N. The fourth-order valence-electron chi connectivity index (χ4n) is 2.05. The molecule has 2 atom stereocenters. The van der Waals surface area contributed by atoms with Gasteiger partial charge in [-0.1, -0.05) is 12.8 Å². The molecule has 0 aromatic rings. The molecule has 1 heteroatoms. The monoisotopic (exact) mass is 111 g/mol. The molecule has 8 heavy (non-hydrogen) atoms. The Bertz CT molecular complexity index is 88.6. The Labute approximate surface area is 50.3 Å². The average molecular weight is 111 g/mol. The third kappa shape index (κ3) is 0.510. The number of nitrogens with two attached hydrogens (primary N) is 1. The van der Waals surface area contributed by atoms with Crippen molar-refractivity contribution in [2.24, 2.45) is 17.6 Å². The van der Waals surface area contributed by atoms with Gasteiger partial charge in [-0.2, -0.15) is 0 Å². The lowest BCUT2D eigenvalue weighted by atomic mass is 10.0. The lowest BCUT2D eigenvalue weighted by molar-refractivity contribution is 0.480. The first-order chi connectivity index (χ1) is 3.89. The second-order valence-corrected chi connectivity index (χ2v) is 3.19. The summed E-state index contributed by atoms with van der Waals surface area (Å²) in [4.78, 5) is 0. The summed E-state index contributed by atoms with van der Waals surface area (Å²) in [5.41, 5.74) is 5.77. The highest BCUT2D eigenvalue weighted by Crippen LogP contribution is 2.48. The highest BCUT2D eigenvalue weighted by atomic mass is 14.8. The minimum Gasteiger partial charge on any atom is -0.327 e. The number of hydrogen-bond donors (Lipinski definition) is 1. The van der Waals surface area contributed by atoms with E-state index in [0.29, 0.717) is 6.04 Å². The highest BCUT2D eigenvalue weighted by Gasteiger charge is 2.47. The van der Waals surface area contributed by atoms with Crippen LogP contribution >= 0.6 is 0 Å². The number of rotatable bonds is 0. The summed E-state index contributed by atoms with van der Waals surface area (Å²) in [6, 6.07) is 0.609. The van der Waals surface area contributed by atoms with Crippen LogP contribution in [0.3, 0.4) is 0 Å². The molecule has 2 fully saturated rings. The van der Waals surface area contributed by atoms with Crippen molar-refractivity contribution in [3.8, 4) is 0 Å². The van der Waals surface area contributed by atoms with Gasteiger partial charge in [0.1, 0.15) is 0 Å². The van der Waals surface area contributed by atoms with Crippen LogP contribution in [0.25, 0.3) is 0 Å². The summed E-state index contributed by atoms with van der Waals surface area (Å²) >= 11 is 0. The third-order valence-corrected chi connectivity index (χ3v) is 2.72. The van der Waals surface area contributed by atoms with E-state index in [1.54, 1.807) is 0 Å². The molecule has 0 radical (unpaired) electrons. The zero-order valence-electron chi connectivity index (χ0n) is 5.14. The molecule has 0 aromatic heterocycles. The van der Waals surface area contributed by atoms with Gasteiger partial charge in [0.25, 0.3) is 0 Å². The van der Waals surface area contributed by atoms with Crippen LogP contribution in [0.4, 0.5) is 0 Å². The van der Waals surface area contributed by atoms with Gasteiger partial charge in [0.15, 0.2) is 0 Å². The van der Waals surface area contributed by atoms with E-state index in [0.717, 1.165) is 11.8 Å². The third-order valence-electron chi connectivity index (χ3n) is 2.72. The van der Waals surface area contributed by atoms with Crippen molar-refractivity contribution in [2.45, 2.75) is 31.7 Å². The Balaban J connectivity index is 1.97. The lowest BCUT2D eigenvalue weighted by Crippen LogP contribution is -2.02. The molecule has 2 aliphatic rings. The Kier molecular flexibility index (Phi) is 0.884. The van der Waals surface area contributed by atoms with Gasteiger partial charge >= 0.3 is 0 Å². The number of fused-ring (bicyclic) bond motifs is 1. The van der Waals surface area contributed by atoms with Crippen molar-refractivity contribution in [2.75, 3.05) is 0 Å². The lowest BCUT2D eigenvalue weighted by Gasteiger charge is -2.04. The standard InChI is InChI=1S/C7H13N/c8-7-5-3-1-2-4-6(5)7/h5-7H,1-4,8H2/t5-,6-/m1/s1.